The van der Waals surface area contributed by atoms with Crippen LogP contribution >= 0.6 is 22.9 Å². The molecular formula is C22H18ClNO4S. The highest BCUT2D eigenvalue weighted by molar-refractivity contribution is 7.15. The Labute approximate surface area is 176 Å². The van der Waals surface area contributed by atoms with Crippen LogP contribution in [0.2, 0.25) is 5.02 Å². The van der Waals surface area contributed by atoms with Crippen molar-refractivity contribution >= 4 is 40.5 Å². The second-order valence-corrected chi connectivity index (χ2v) is 8.16. The number of carbonyl (C=O) groups is 2. The molecule has 148 valence electrons. The summed E-state index contributed by atoms with van der Waals surface area (Å²) in [5, 5.41) is 13.3. The predicted octanol–water partition coefficient (Wildman–Crippen LogP) is 5.64. The van der Waals surface area contributed by atoms with Crippen LogP contribution in [0.3, 0.4) is 0 Å². The fourth-order valence-electron chi connectivity index (χ4n) is 3.59. The summed E-state index contributed by atoms with van der Waals surface area (Å²) in [6.07, 6.45) is 0.252. The molecule has 1 unspecified atom stereocenters. The number of carboxylic acid groups (broad SMARTS) is 1. The van der Waals surface area contributed by atoms with Crippen molar-refractivity contribution in [2.75, 3.05) is 11.9 Å². The summed E-state index contributed by atoms with van der Waals surface area (Å²) in [5.74, 6) is -0.673. The summed E-state index contributed by atoms with van der Waals surface area (Å²) in [6, 6.07) is 14.6. The maximum absolute atomic E-state index is 12.5. The summed E-state index contributed by atoms with van der Waals surface area (Å²) >= 11 is 7.20. The Bertz CT molecular complexity index is 1090. The predicted molar refractivity (Wildman–Crippen MR) is 114 cm³/mol. The summed E-state index contributed by atoms with van der Waals surface area (Å²) in [7, 11) is 0. The van der Waals surface area contributed by atoms with Crippen molar-refractivity contribution in [1.29, 1.82) is 0 Å². The topological polar surface area (TPSA) is 75.6 Å². The van der Waals surface area contributed by atoms with Gasteiger partial charge in [0.1, 0.15) is 10.6 Å². The number of benzene rings is 2. The van der Waals surface area contributed by atoms with Crippen LogP contribution in [0.5, 0.6) is 5.75 Å². The minimum absolute atomic E-state index is 0.144. The van der Waals surface area contributed by atoms with Gasteiger partial charge in [0.05, 0.1) is 12.3 Å². The van der Waals surface area contributed by atoms with E-state index in [1.165, 1.54) is 11.3 Å². The first-order chi connectivity index (χ1) is 14.0. The van der Waals surface area contributed by atoms with Gasteiger partial charge in [-0.15, -0.1) is 11.3 Å². The zero-order valence-corrected chi connectivity index (χ0v) is 17.1. The van der Waals surface area contributed by atoms with E-state index in [2.05, 4.69) is 5.32 Å². The smallest absolute Gasteiger partial charge is 0.346 e. The number of thiophene rings is 1. The molecular weight excluding hydrogens is 410 g/mol. The summed E-state index contributed by atoms with van der Waals surface area (Å²) in [4.78, 5) is 25.6. The molecule has 4 rings (SSSR count). The van der Waals surface area contributed by atoms with Crippen LogP contribution in [0.1, 0.15) is 39.4 Å². The Kier molecular flexibility index (Phi) is 5.30. The molecule has 0 fully saturated rings. The molecule has 29 heavy (non-hydrogen) atoms. The lowest BCUT2D eigenvalue weighted by atomic mass is 9.88. The van der Waals surface area contributed by atoms with Crippen molar-refractivity contribution in [2.45, 2.75) is 19.3 Å². The van der Waals surface area contributed by atoms with Crippen LogP contribution < -0.4 is 10.1 Å². The molecule has 0 aliphatic carbocycles. The van der Waals surface area contributed by atoms with Crippen molar-refractivity contribution in [2.24, 2.45) is 0 Å². The van der Waals surface area contributed by atoms with Crippen molar-refractivity contribution in [3.8, 4) is 16.9 Å². The zero-order valence-electron chi connectivity index (χ0n) is 15.6. The summed E-state index contributed by atoms with van der Waals surface area (Å²) in [5.41, 5.74) is 2.71. The van der Waals surface area contributed by atoms with Crippen molar-refractivity contribution < 1.29 is 19.4 Å². The summed E-state index contributed by atoms with van der Waals surface area (Å²) < 4.78 is 5.60. The number of halogens is 1. The molecule has 2 heterocycles. The first kappa shape index (κ1) is 19.5. The van der Waals surface area contributed by atoms with Gasteiger partial charge in [-0.25, -0.2) is 4.79 Å². The largest absolute Gasteiger partial charge is 0.494 e. The highest BCUT2D eigenvalue weighted by atomic mass is 35.5. The van der Waals surface area contributed by atoms with Gasteiger partial charge in [0.15, 0.2) is 0 Å². The van der Waals surface area contributed by atoms with Crippen molar-refractivity contribution in [3.63, 3.8) is 0 Å². The van der Waals surface area contributed by atoms with Gasteiger partial charge >= 0.3 is 5.97 Å². The fourth-order valence-corrected chi connectivity index (χ4v) is 4.96. The second-order valence-electron chi connectivity index (χ2n) is 6.67. The number of hydrogen-bond donors (Lipinski definition) is 2. The highest BCUT2D eigenvalue weighted by Gasteiger charge is 2.34. The van der Waals surface area contributed by atoms with E-state index in [4.69, 9.17) is 16.3 Å². The molecule has 2 N–H and O–H groups in total. The number of anilines is 1. The molecule has 1 aromatic heterocycles. The van der Waals surface area contributed by atoms with E-state index in [9.17, 15) is 14.7 Å². The number of amides is 1. The Morgan fingerprint density at radius 1 is 1.28 bits per heavy atom. The third kappa shape index (κ3) is 3.73. The number of nitrogens with one attached hydrogen (secondary N) is 1. The van der Waals surface area contributed by atoms with E-state index in [0.717, 1.165) is 16.2 Å². The van der Waals surface area contributed by atoms with Gasteiger partial charge in [-0.2, -0.15) is 0 Å². The lowest BCUT2D eigenvalue weighted by molar-refractivity contribution is -0.116. The maximum Gasteiger partial charge on any atom is 0.346 e. The molecule has 7 heteroatoms. The van der Waals surface area contributed by atoms with E-state index in [-0.39, 0.29) is 23.1 Å². The van der Waals surface area contributed by atoms with E-state index in [1.54, 1.807) is 24.3 Å². The standard InChI is InChI=1S/C22H18ClNO4S/c1-2-28-15-5-3-4-13(10-15)16-11-17(25)24-19-18(12-6-8-14(23)9-7-12)21(22(26)27)29-20(16)19/h3-10,16H,2,11H2,1H3,(H,24,25)(H,26,27). The van der Waals surface area contributed by atoms with Crippen LogP contribution in [0.25, 0.3) is 11.1 Å². The van der Waals surface area contributed by atoms with Crippen molar-refractivity contribution in [1.82, 2.24) is 0 Å². The zero-order chi connectivity index (χ0) is 20.5. The van der Waals surface area contributed by atoms with E-state index >= 15 is 0 Å². The SMILES string of the molecule is CCOc1cccc(C2CC(=O)Nc3c2sc(C(=O)O)c3-c2ccc(Cl)cc2)c1. The molecule has 0 bridgehead atoms. The monoisotopic (exact) mass is 427 g/mol. The van der Waals surface area contributed by atoms with Crippen LogP contribution in [0, 0.1) is 0 Å². The third-order valence-corrected chi connectivity index (χ3v) is 6.35. The maximum atomic E-state index is 12.5. The number of ether oxygens (including phenoxy) is 1. The van der Waals surface area contributed by atoms with Gasteiger partial charge in [0.2, 0.25) is 5.91 Å². The Morgan fingerprint density at radius 3 is 2.72 bits per heavy atom. The molecule has 1 aliphatic heterocycles. The van der Waals surface area contributed by atoms with Gasteiger partial charge in [-0.05, 0) is 42.3 Å². The van der Waals surface area contributed by atoms with Gasteiger partial charge in [0.25, 0.3) is 0 Å². The number of rotatable bonds is 5. The van der Waals surface area contributed by atoms with E-state index in [0.29, 0.717) is 28.4 Å². The Morgan fingerprint density at radius 2 is 2.03 bits per heavy atom. The molecule has 0 saturated heterocycles. The molecule has 0 spiro atoms. The molecule has 5 nitrogen and oxygen atoms in total. The van der Waals surface area contributed by atoms with E-state index in [1.807, 2.05) is 31.2 Å². The first-order valence-corrected chi connectivity index (χ1v) is 10.4. The first-order valence-electron chi connectivity index (χ1n) is 9.16. The number of carboxylic acids is 1. The van der Waals surface area contributed by atoms with Crippen LogP contribution in [-0.2, 0) is 4.79 Å². The molecule has 1 aliphatic rings. The number of fused-ring (bicyclic) bond motifs is 1. The Hall–Kier alpha value is -2.83. The Balaban J connectivity index is 1.88. The number of carbonyl (C=O) groups excluding carboxylic acids is 1. The van der Waals surface area contributed by atoms with Gasteiger partial charge in [0, 0.05) is 27.8 Å². The minimum Gasteiger partial charge on any atom is -0.494 e. The van der Waals surface area contributed by atoms with Crippen molar-refractivity contribution in [3.05, 3.63) is 68.9 Å². The average molecular weight is 428 g/mol. The van der Waals surface area contributed by atoms with Crippen LogP contribution in [0.15, 0.2) is 48.5 Å². The number of hydrogen-bond acceptors (Lipinski definition) is 4. The highest BCUT2D eigenvalue weighted by Crippen LogP contribution is 2.49. The van der Waals surface area contributed by atoms with Crippen LogP contribution in [0.4, 0.5) is 5.69 Å². The van der Waals surface area contributed by atoms with Crippen LogP contribution in [-0.4, -0.2) is 23.6 Å². The summed E-state index contributed by atoms with van der Waals surface area (Å²) in [6.45, 7) is 2.46. The molecule has 0 saturated carbocycles. The minimum atomic E-state index is -1.02. The number of aromatic carboxylic acids is 1. The quantitative estimate of drug-likeness (QED) is 0.552. The third-order valence-electron chi connectivity index (χ3n) is 4.80. The average Bonchev–Trinajstić information content (AvgIpc) is 3.08. The molecule has 0 radical (unpaired) electrons. The van der Waals surface area contributed by atoms with Gasteiger partial charge < -0.3 is 15.2 Å². The molecule has 3 aromatic rings. The molecule has 2 aromatic carbocycles. The van der Waals surface area contributed by atoms with Gasteiger partial charge in [-0.1, -0.05) is 35.9 Å². The normalized spacial score (nSPS) is 15.5. The second kappa shape index (κ2) is 7.89. The lowest BCUT2D eigenvalue weighted by Crippen LogP contribution is -2.22. The van der Waals surface area contributed by atoms with Gasteiger partial charge in [-0.3, -0.25) is 4.79 Å². The molecule has 1 atom stereocenters. The molecule has 1 amide bonds. The lowest BCUT2D eigenvalue weighted by Gasteiger charge is -2.24. The fraction of sp³-hybridized carbons (Fsp3) is 0.182. The van der Waals surface area contributed by atoms with E-state index < -0.39 is 5.97 Å².